The predicted molar refractivity (Wildman–Crippen MR) is 74.0 cm³/mol. The number of nitrogens with zero attached hydrogens (tertiary/aromatic N) is 2. The number of ether oxygens (including phenoxy) is 1. The highest BCUT2D eigenvalue weighted by Gasteiger charge is 2.33. The number of methoxy groups -OCH3 is 1. The van der Waals surface area contributed by atoms with E-state index >= 15 is 0 Å². The number of hydrogen-bond acceptors (Lipinski definition) is 4. The third kappa shape index (κ3) is 2.84. The average Bonchev–Trinajstić information content (AvgIpc) is 2.46. The van der Waals surface area contributed by atoms with Crippen LogP contribution in [0.15, 0.2) is 24.3 Å². The molecule has 0 aromatic heterocycles. The first-order valence-corrected chi connectivity index (χ1v) is 6.42. The Kier molecular flexibility index (Phi) is 4.12. The monoisotopic (exact) mass is 278 g/mol. The molecule has 0 saturated carbocycles. The number of aliphatic carboxylic acids is 1. The first-order chi connectivity index (χ1) is 9.52. The lowest BCUT2D eigenvalue weighted by Crippen LogP contribution is -2.58. The SMILES string of the molecule is COc1ccc(N2CCN(C(C)=O)[C@@H](C(=O)O)C2)cc1. The number of carboxylic acid groups (broad SMARTS) is 1. The van der Waals surface area contributed by atoms with Gasteiger partial charge in [0.25, 0.3) is 0 Å². The standard InChI is InChI=1S/C14H18N2O4/c1-10(17)16-8-7-15(9-13(16)14(18)19)11-3-5-12(20-2)6-4-11/h3-6,13H,7-9H2,1-2H3,(H,18,19)/t13-/m1/s1. The van der Waals surface area contributed by atoms with Crippen molar-refractivity contribution in [3.8, 4) is 5.75 Å². The van der Waals surface area contributed by atoms with Gasteiger partial charge in [0.1, 0.15) is 11.8 Å². The number of anilines is 1. The molecule has 1 aromatic rings. The summed E-state index contributed by atoms with van der Waals surface area (Å²) in [6, 6.07) is 6.65. The fourth-order valence-electron chi connectivity index (χ4n) is 2.40. The van der Waals surface area contributed by atoms with E-state index in [1.54, 1.807) is 7.11 Å². The Hall–Kier alpha value is -2.24. The summed E-state index contributed by atoms with van der Waals surface area (Å²) < 4.78 is 5.10. The van der Waals surface area contributed by atoms with Crippen molar-refractivity contribution in [3.05, 3.63) is 24.3 Å². The Morgan fingerprint density at radius 1 is 1.25 bits per heavy atom. The maximum atomic E-state index is 11.5. The molecule has 6 heteroatoms. The molecule has 6 nitrogen and oxygen atoms in total. The number of carboxylic acids is 1. The molecule has 1 heterocycles. The molecule has 0 spiro atoms. The quantitative estimate of drug-likeness (QED) is 0.886. The van der Waals surface area contributed by atoms with Crippen LogP contribution < -0.4 is 9.64 Å². The highest BCUT2D eigenvalue weighted by Crippen LogP contribution is 2.22. The van der Waals surface area contributed by atoms with Gasteiger partial charge in [-0.25, -0.2) is 4.79 Å². The number of carbonyl (C=O) groups is 2. The summed E-state index contributed by atoms with van der Waals surface area (Å²) in [4.78, 5) is 26.1. The fourth-order valence-corrected chi connectivity index (χ4v) is 2.40. The second-order valence-corrected chi connectivity index (χ2v) is 4.71. The zero-order chi connectivity index (χ0) is 14.7. The van der Waals surface area contributed by atoms with Gasteiger partial charge in [-0.05, 0) is 24.3 Å². The molecule has 108 valence electrons. The molecular weight excluding hydrogens is 260 g/mol. The molecule has 1 aliphatic heterocycles. The van der Waals surface area contributed by atoms with Crippen LogP contribution in [-0.2, 0) is 9.59 Å². The molecule has 1 saturated heterocycles. The fraction of sp³-hybridized carbons (Fsp3) is 0.429. The topological polar surface area (TPSA) is 70.1 Å². The van der Waals surface area contributed by atoms with Gasteiger partial charge in [0, 0.05) is 32.2 Å². The van der Waals surface area contributed by atoms with Gasteiger partial charge in [-0.15, -0.1) is 0 Å². The smallest absolute Gasteiger partial charge is 0.328 e. The van der Waals surface area contributed by atoms with Gasteiger partial charge in [0.05, 0.1) is 7.11 Å². The number of hydrogen-bond donors (Lipinski definition) is 1. The summed E-state index contributed by atoms with van der Waals surface area (Å²) in [6.07, 6.45) is 0. The maximum Gasteiger partial charge on any atom is 0.328 e. The average molecular weight is 278 g/mol. The van der Waals surface area contributed by atoms with Gasteiger partial charge < -0.3 is 19.6 Å². The van der Waals surface area contributed by atoms with E-state index < -0.39 is 12.0 Å². The van der Waals surface area contributed by atoms with Crippen LogP contribution >= 0.6 is 0 Å². The third-order valence-corrected chi connectivity index (χ3v) is 3.51. The van der Waals surface area contributed by atoms with E-state index in [1.807, 2.05) is 29.2 Å². The molecule has 1 aromatic carbocycles. The molecule has 1 aliphatic rings. The van der Waals surface area contributed by atoms with E-state index in [-0.39, 0.29) is 5.91 Å². The minimum atomic E-state index is -0.974. The molecule has 1 N–H and O–H groups in total. The van der Waals surface area contributed by atoms with E-state index in [4.69, 9.17) is 4.74 Å². The molecule has 0 radical (unpaired) electrons. The summed E-state index contributed by atoms with van der Waals surface area (Å²) >= 11 is 0. The van der Waals surface area contributed by atoms with Crippen molar-refractivity contribution < 1.29 is 19.4 Å². The predicted octanol–water partition coefficient (Wildman–Crippen LogP) is 0.817. The lowest BCUT2D eigenvalue weighted by molar-refractivity contribution is -0.149. The van der Waals surface area contributed by atoms with E-state index in [0.717, 1.165) is 11.4 Å². The van der Waals surface area contributed by atoms with Gasteiger partial charge in [-0.1, -0.05) is 0 Å². The Morgan fingerprint density at radius 2 is 1.90 bits per heavy atom. The Labute approximate surface area is 117 Å². The largest absolute Gasteiger partial charge is 0.497 e. The summed E-state index contributed by atoms with van der Waals surface area (Å²) in [6.45, 7) is 2.73. The molecular formula is C14H18N2O4. The van der Waals surface area contributed by atoms with Gasteiger partial charge in [0.15, 0.2) is 0 Å². The van der Waals surface area contributed by atoms with E-state index in [0.29, 0.717) is 19.6 Å². The van der Waals surface area contributed by atoms with Crippen molar-refractivity contribution in [2.45, 2.75) is 13.0 Å². The van der Waals surface area contributed by atoms with Crippen molar-refractivity contribution in [2.24, 2.45) is 0 Å². The first kappa shape index (κ1) is 14.2. The lowest BCUT2D eigenvalue weighted by atomic mass is 10.1. The summed E-state index contributed by atoms with van der Waals surface area (Å²) in [5.74, 6) is -0.420. The van der Waals surface area contributed by atoms with E-state index in [9.17, 15) is 14.7 Å². The number of benzene rings is 1. The molecule has 2 rings (SSSR count). The van der Waals surface area contributed by atoms with Crippen molar-refractivity contribution in [1.29, 1.82) is 0 Å². The van der Waals surface area contributed by atoms with Gasteiger partial charge >= 0.3 is 5.97 Å². The highest BCUT2D eigenvalue weighted by molar-refractivity contribution is 5.83. The molecule has 0 aliphatic carbocycles. The van der Waals surface area contributed by atoms with Crippen LogP contribution in [0.5, 0.6) is 5.75 Å². The molecule has 0 unspecified atom stereocenters. The van der Waals surface area contributed by atoms with Gasteiger partial charge in [0.2, 0.25) is 5.91 Å². The molecule has 1 atom stereocenters. The maximum absolute atomic E-state index is 11.5. The van der Waals surface area contributed by atoms with Gasteiger partial charge in [-0.2, -0.15) is 0 Å². The second kappa shape index (κ2) is 5.81. The van der Waals surface area contributed by atoms with Crippen LogP contribution in [0.1, 0.15) is 6.92 Å². The van der Waals surface area contributed by atoms with Crippen molar-refractivity contribution in [3.63, 3.8) is 0 Å². The van der Waals surface area contributed by atoms with Crippen LogP contribution in [0.25, 0.3) is 0 Å². The minimum absolute atomic E-state index is 0.202. The number of amides is 1. The molecule has 1 fully saturated rings. The Morgan fingerprint density at radius 3 is 2.40 bits per heavy atom. The van der Waals surface area contributed by atoms with Crippen LogP contribution in [0.2, 0.25) is 0 Å². The van der Waals surface area contributed by atoms with Crippen molar-refractivity contribution in [1.82, 2.24) is 4.90 Å². The van der Waals surface area contributed by atoms with Crippen LogP contribution in [-0.4, -0.2) is 54.7 Å². The van der Waals surface area contributed by atoms with Crippen LogP contribution in [0, 0.1) is 0 Å². The Bertz CT molecular complexity index is 500. The minimum Gasteiger partial charge on any atom is -0.497 e. The molecule has 20 heavy (non-hydrogen) atoms. The summed E-state index contributed by atoms with van der Waals surface area (Å²) in [7, 11) is 1.60. The van der Waals surface area contributed by atoms with E-state index in [2.05, 4.69) is 0 Å². The highest BCUT2D eigenvalue weighted by atomic mass is 16.5. The molecule has 0 bridgehead atoms. The van der Waals surface area contributed by atoms with Crippen molar-refractivity contribution >= 4 is 17.6 Å². The second-order valence-electron chi connectivity index (χ2n) is 4.71. The molecule has 1 amide bonds. The normalized spacial score (nSPS) is 18.8. The zero-order valence-electron chi connectivity index (χ0n) is 11.6. The lowest BCUT2D eigenvalue weighted by Gasteiger charge is -2.40. The zero-order valence-corrected chi connectivity index (χ0v) is 11.6. The third-order valence-electron chi connectivity index (χ3n) is 3.51. The van der Waals surface area contributed by atoms with Gasteiger partial charge in [-0.3, -0.25) is 4.79 Å². The van der Waals surface area contributed by atoms with Crippen LogP contribution in [0.3, 0.4) is 0 Å². The number of piperazine rings is 1. The number of rotatable bonds is 3. The summed E-state index contributed by atoms with van der Waals surface area (Å²) in [5.41, 5.74) is 0.931. The first-order valence-electron chi connectivity index (χ1n) is 6.42. The van der Waals surface area contributed by atoms with Crippen molar-refractivity contribution in [2.75, 3.05) is 31.6 Å². The van der Waals surface area contributed by atoms with E-state index in [1.165, 1.54) is 11.8 Å². The Balaban J connectivity index is 2.15. The summed E-state index contributed by atoms with van der Waals surface area (Å²) in [5, 5.41) is 9.26. The number of carbonyl (C=O) groups excluding carboxylic acids is 1. The van der Waals surface area contributed by atoms with Crippen LogP contribution in [0.4, 0.5) is 5.69 Å².